The maximum absolute atomic E-state index is 11.4. The summed E-state index contributed by atoms with van der Waals surface area (Å²) in [6, 6.07) is 0. The van der Waals surface area contributed by atoms with E-state index in [0.29, 0.717) is 19.6 Å². The van der Waals surface area contributed by atoms with Crippen molar-refractivity contribution in [3.63, 3.8) is 0 Å². The van der Waals surface area contributed by atoms with Crippen molar-refractivity contribution in [3.8, 4) is 0 Å². The normalized spacial score (nSPS) is 16.6. The Balaban J connectivity index is 4.50. The number of rotatable bonds is 7. The molecular formula is C8H21NO4P+. The van der Waals surface area contributed by atoms with E-state index in [2.05, 4.69) is 4.52 Å². The highest BCUT2D eigenvalue weighted by Crippen LogP contribution is 2.46. The van der Waals surface area contributed by atoms with Gasteiger partial charge in [-0.15, -0.1) is 0 Å². The van der Waals surface area contributed by atoms with Crippen molar-refractivity contribution in [1.29, 1.82) is 0 Å². The number of hydroxylamine groups is 3. The second-order valence-corrected chi connectivity index (χ2v) is 4.33. The predicted molar refractivity (Wildman–Crippen MR) is 54.4 cm³/mol. The lowest BCUT2D eigenvalue weighted by Crippen LogP contribution is -2.46. The Kier molecular flexibility index (Phi) is 5.86. The second kappa shape index (κ2) is 5.83. The van der Waals surface area contributed by atoms with Crippen LogP contribution in [-0.4, -0.2) is 35.8 Å². The molecular weight excluding hydrogens is 205 g/mol. The number of hydrogen-bond donors (Lipinski definition) is 1. The van der Waals surface area contributed by atoms with Gasteiger partial charge in [-0.1, -0.05) is 4.62 Å². The Labute approximate surface area is 85.8 Å². The molecule has 0 aromatic rings. The summed E-state index contributed by atoms with van der Waals surface area (Å²) in [7, 11) is -3.89. The third kappa shape index (κ3) is 4.07. The summed E-state index contributed by atoms with van der Waals surface area (Å²) in [5.41, 5.74) is 0. The molecule has 0 radical (unpaired) electrons. The van der Waals surface area contributed by atoms with E-state index in [-0.39, 0.29) is 11.3 Å². The van der Waals surface area contributed by atoms with Crippen LogP contribution in [0, 0.1) is 0 Å². The maximum Gasteiger partial charge on any atom is 0.518 e. The molecule has 0 amide bonds. The van der Waals surface area contributed by atoms with Crippen LogP contribution in [0.5, 0.6) is 0 Å². The first kappa shape index (κ1) is 14.1. The lowest BCUT2D eigenvalue weighted by Gasteiger charge is -2.32. The number of nitrogens with zero attached hydrogens (tertiary/aromatic N) is 1. The van der Waals surface area contributed by atoms with E-state index in [4.69, 9.17) is 4.62 Å². The molecule has 5 nitrogen and oxygen atoms in total. The molecule has 6 heteroatoms. The number of hydrogen-bond acceptors (Lipinski definition) is 3. The Bertz CT molecular complexity index is 197. The second-order valence-electron chi connectivity index (χ2n) is 2.97. The van der Waals surface area contributed by atoms with Gasteiger partial charge in [0, 0.05) is 0 Å². The van der Waals surface area contributed by atoms with Crippen molar-refractivity contribution in [3.05, 3.63) is 0 Å². The van der Waals surface area contributed by atoms with Crippen LogP contribution in [0.4, 0.5) is 0 Å². The predicted octanol–water partition coefficient (Wildman–Crippen LogP) is 1.93. The van der Waals surface area contributed by atoms with Crippen LogP contribution < -0.4 is 0 Å². The van der Waals surface area contributed by atoms with Gasteiger partial charge in [-0.25, -0.2) is 4.57 Å². The quantitative estimate of drug-likeness (QED) is 0.409. The van der Waals surface area contributed by atoms with E-state index in [1.54, 1.807) is 6.92 Å². The van der Waals surface area contributed by atoms with Crippen LogP contribution >= 0.6 is 7.82 Å². The van der Waals surface area contributed by atoms with Gasteiger partial charge < -0.3 is 0 Å². The minimum absolute atomic E-state index is 0.147. The SMILES string of the molecule is CCOP(=O)(O)O[N+](CC)(CC)CC. The van der Waals surface area contributed by atoms with Crippen LogP contribution in [0.2, 0.25) is 0 Å². The summed E-state index contributed by atoms with van der Waals surface area (Å²) in [6.07, 6.45) is 0. The van der Waals surface area contributed by atoms with Gasteiger partial charge in [0.15, 0.2) is 0 Å². The van der Waals surface area contributed by atoms with Gasteiger partial charge in [0.05, 0.1) is 6.61 Å². The molecule has 0 aliphatic heterocycles. The van der Waals surface area contributed by atoms with Crippen LogP contribution in [0.25, 0.3) is 0 Å². The van der Waals surface area contributed by atoms with Gasteiger partial charge in [0.2, 0.25) is 0 Å². The Hall–Kier alpha value is 0.0700. The largest absolute Gasteiger partial charge is 0.518 e. The third-order valence-electron chi connectivity index (χ3n) is 2.30. The molecule has 1 N–H and O–H groups in total. The van der Waals surface area contributed by atoms with Crippen LogP contribution in [0.3, 0.4) is 0 Å². The average Bonchev–Trinajstić information content (AvgIpc) is 2.14. The molecule has 0 fully saturated rings. The van der Waals surface area contributed by atoms with Crippen LogP contribution in [-0.2, 0) is 13.7 Å². The molecule has 14 heavy (non-hydrogen) atoms. The van der Waals surface area contributed by atoms with Gasteiger partial charge in [-0.05, 0) is 27.7 Å². The highest BCUT2D eigenvalue weighted by atomic mass is 31.2. The average molecular weight is 226 g/mol. The van der Waals surface area contributed by atoms with Crippen LogP contribution in [0.15, 0.2) is 0 Å². The highest BCUT2D eigenvalue weighted by Gasteiger charge is 2.36. The number of quaternary nitrogens is 1. The van der Waals surface area contributed by atoms with Crippen molar-refractivity contribution in [2.24, 2.45) is 0 Å². The zero-order valence-electron chi connectivity index (χ0n) is 9.39. The monoisotopic (exact) mass is 226 g/mol. The molecule has 0 aromatic carbocycles. The smallest absolute Gasteiger partial charge is 0.300 e. The molecule has 1 unspecified atom stereocenters. The summed E-state index contributed by atoms with van der Waals surface area (Å²) in [4.78, 5) is 9.34. The van der Waals surface area contributed by atoms with E-state index in [0.717, 1.165) is 0 Å². The summed E-state index contributed by atoms with van der Waals surface area (Å²) >= 11 is 0. The van der Waals surface area contributed by atoms with Gasteiger partial charge in [0.25, 0.3) is 0 Å². The Morgan fingerprint density at radius 1 is 1.14 bits per heavy atom. The van der Waals surface area contributed by atoms with Gasteiger partial charge in [0.1, 0.15) is 19.6 Å². The van der Waals surface area contributed by atoms with Gasteiger partial charge in [-0.2, -0.15) is 4.65 Å². The van der Waals surface area contributed by atoms with E-state index in [1.807, 2.05) is 20.8 Å². The van der Waals surface area contributed by atoms with Crippen molar-refractivity contribution >= 4 is 7.82 Å². The molecule has 0 spiro atoms. The van der Waals surface area contributed by atoms with E-state index in [1.165, 1.54) is 0 Å². The highest BCUT2D eigenvalue weighted by molar-refractivity contribution is 7.47. The van der Waals surface area contributed by atoms with E-state index < -0.39 is 7.82 Å². The molecule has 0 saturated heterocycles. The van der Waals surface area contributed by atoms with Gasteiger partial charge >= 0.3 is 7.82 Å². The minimum atomic E-state index is -3.89. The lowest BCUT2D eigenvalue weighted by molar-refractivity contribution is -1.08. The fourth-order valence-corrected chi connectivity index (χ4v) is 2.41. The fraction of sp³-hybridized carbons (Fsp3) is 1.00. The summed E-state index contributed by atoms with van der Waals surface area (Å²) in [6.45, 7) is 9.51. The van der Waals surface area contributed by atoms with Gasteiger partial charge in [-0.3, -0.25) is 9.42 Å². The summed E-state index contributed by atoms with van der Waals surface area (Å²) in [5, 5.41) is 0. The first-order valence-corrected chi connectivity index (χ1v) is 6.49. The Morgan fingerprint density at radius 3 is 1.86 bits per heavy atom. The van der Waals surface area contributed by atoms with Crippen molar-refractivity contribution in [1.82, 2.24) is 0 Å². The standard InChI is InChI=1S/C8H20NO4P/c1-5-9(6-2,7-3)13-14(10,11)12-8-4/h5-8H2,1-4H3/p+1. The molecule has 0 aromatic heterocycles. The van der Waals surface area contributed by atoms with Crippen molar-refractivity contribution < 1.29 is 23.3 Å². The molecule has 0 aliphatic rings. The summed E-state index contributed by atoms with van der Waals surface area (Å²) in [5.74, 6) is 0. The fourth-order valence-electron chi connectivity index (χ4n) is 1.25. The first-order valence-electron chi connectivity index (χ1n) is 5.00. The number of phosphoric acid groups is 1. The minimum Gasteiger partial charge on any atom is -0.300 e. The maximum atomic E-state index is 11.4. The molecule has 86 valence electrons. The third-order valence-corrected chi connectivity index (χ3v) is 3.43. The number of phosphoric ester groups is 1. The molecule has 0 aliphatic carbocycles. The van der Waals surface area contributed by atoms with E-state index >= 15 is 0 Å². The zero-order chi connectivity index (χ0) is 11.2. The van der Waals surface area contributed by atoms with E-state index in [9.17, 15) is 9.46 Å². The molecule has 1 atom stereocenters. The van der Waals surface area contributed by atoms with Crippen molar-refractivity contribution in [2.45, 2.75) is 27.7 Å². The summed E-state index contributed by atoms with van der Waals surface area (Å²) < 4.78 is 21.4. The molecule has 0 saturated carbocycles. The lowest BCUT2D eigenvalue weighted by atomic mass is 10.5. The molecule has 0 bridgehead atoms. The van der Waals surface area contributed by atoms with Crippen LogP contribution in [0.1, 0.15) is 27.7 Å². The zero-order valence-corrected chi connectivity index (χ0v) is 10.3. The first-order chi connectivity index (χ1) is 6.45. The van der Waals surface area contributed by atoms with Crippen molar-refractivity contribution in [2.75, 3.05) is 26.2 Å². The molecule has 0 heterocycles. The molecule has 0 rings (SSSR count). The Morgan fingerprint density at radius 2 is 1.57 bits per heavy atom. The topological polar surface area (TPSA) is 55.8 Å².